The van der Waals surface area contributed by atoms with Gasteiger partial charge in [0.05, 0.1) is 25.1 Å². The van der Waals surface area contributed by atoms with Gasteiger partial charge in [-0.2, -0.15) is 0 Å². The summed E-state index contributed by atoms with van der Waals surface area (Å²) in [5, 5.41) is 6.39. The van der Waals surface area contributed by atoms with Gasteiger partial charge in [-0.05, 0) is 30.5 Å². The van der Waals surface area contributed by atoms with Crippen LogP contribution < -0.4 is 15.5 Å². The molecule has 4 rings (SSSR count). The summed E-state index contributed by atoms with van der Waals surface area (Å²) in [6.45, 7) is 3.58. The Morgan fingerprint density at radius 3 is 2.61 bits per heavy atom. The monoisotopic (exact) mass is 382 g/mol. The van der Waals surface area contributed by atoms with Gasteiger partial charge < -0.3 is 25.0 Å². The molecule has 0 spiro atoms. The van der Waals surface area contributed by atoms with Crippen LogP contribution in [0.5, 0.6) is 0 Å². The van der Waals surface area contributed by atoms with E-state index in [2.05, 4.69) is 26.6 Å². The van der Waals surface area contributed by atoms with E-state index >= 15 is 0 Å². The van der Waals surface area contributed by atoms with E-state index in [9.17, 15) is 4.79 Å². The fraction of sp³-hybridized carbons (Fsp3) is 0.429. The second-order valence-electron chi connectivity index (χ2n) is 7.22. The van der Waals surface area contributed by atoms with Crippen molar-refractivity contribution >= 4 is 17.6 Å². The first-order valence-corrected chi connectivity index (χ1v) is 9.79. The third-order valence-corrected chi connectivity index (χ3v) is 5.13. The average Bonchev–Trinajstić information content (AvgIpc) is 2.72. The van der Waals surface area contributed by atoms with E-state index < -0.39 is 0 Å². The first-order valence-electron chi connectivity index (χ1n) is 9.79. The molecule has 0 atom stereocenters. The zero-order valence-electron chi connectivity index (χ0n) is 15.8. The van der Waals surface area contributed by atoms with Crippen LogP contribution in [-0.4, -0.2) is 49.5 Å². The third-order valence-electron chi connectivity index (χ3n) is 5.13. The molecule has 28 heavy (non-hydrogen) atoms. The van der Waals surface area contributed by atoms with Gasteiger partial charge in [0.2, 0.25) is 0 Å². The van der Waals surface area contributed by atoms with Crippen molar-refractivity contribution in [2.45, 2.75) is 31.5 Å². The summed E-state index contributed by atoms with van der Waals surface area (Å²) in [5.41, 5.74) is 1.99. The van der Waals surface area contributed by atoms with Gasteiger partial charge in [0.25, 0.3) is 0 Å². The van der Waals surface area contributed by atoms with Crippen molar-refractivity contribution in [3.05, 3.63) is 54.2 Å². The van der Waals surface area contributed by atoms with E-state index in [1.807, 2.05) is 42.6 Å². The standard InChI is InChI=1S/C21H26N4O3/c26-21(28-15-16-4-2-1-3-5-16)24-19-12-18(13-19)23-17-6-7-20(22-14-17)25-8-10-27-11-9-25/h1-7,14,18-19,23H,8-13,15H2,(H,24,26). The van der Waals surface area contributed by atoms with Crippen molar-refractivity contribution in [3.8, 4) is 0 Å². The number of carbonyl (C=O) groups excluding carboxylic acids is 1. The molecule has 1 aromatic carbocycles. The molecule has 1 aliphatic carbocycles. The van der Waals surface area contributed by atoms with Gasteiger partial charge >= 0.3 is 6.09 Å². The molecule has 2 heterocycles. The minimum absolute atomic E-state index is 0.154. The zero-order valence-corrected chi connectivity index (χ0v) is 15.8. The molecule has 0 bridgehead atoms. The lowest BCUT2D eigenvalue weighted by molar-refractivity contribution is 0.122. The van der Waals surface area contributed by atoms with Crippen molar-refractivity contribution in [2.24, 2.45) is 0 Å². The highest BCUT2D eigenvalue weighted by molar-refractivity contribution is 5.67. The Morgan fingerprint density at radius 2 is 1.89 bits per heavy atom. The number of pyridine rings is 1. The number of hydrogen-bond donors (Lipinski definition) is 2. The Labute approximate surface area is 165 Å². The van der Waals surface area contributed by atoms with Crippen LogP contribution in [0.4, 0.5) is 16.3 Å². The molecule has 1 aromatic heterocycles. The highest BCUT2D eigenvalue weighted by atomic mass is 16.5. The number of alkyl carbamates (subject to hydrolysis) is 1. The van der Waals surface area contributed by atoms with E-state index in [1.165, 1.54) is 0 Å². The Morgan fingerprint density at radius 1 is 1.11 bits per heavy atom. The molecule has 0 radical (unpaired) electrons. The number of rotatable bonds is 6. The highest BCUT2D eigenvalue weighted by Crippen LogP contribution is 2.25. The van der Waals surface area contributed by atoms with Gasteiger partial charge in [-0.25, -0.2) is 9.78 Å². The van der Waals surface area contributed by atoms with Crippen LogP contribution in [0.1, 0.15) is 18.4 Å². The molecule has 2 fully saturated rings. The number of ether oxygens (including phenoxy) is 2. The fourth-order valence-electron chi connectivity index (χ4n) is 3.47. The third kappa shape index (κ3) is 4.92. The predicted molar refractivity (Wildman–Crippen MR) is 107 cm³/mol. The zero-order chi connectivity index (χ0) is 19.2. The normalized spacial score (nSPS) is 21.5. The largest absolute Gasteiger partial charge is 0.445 e. The lowest BCUT2D eigenvalue weighted by Gasteiger charge is -2.36. The van der Waals surface area contributed by atoms with Crippen molar-refractivity contribution in [3.63, 3.8) is 0 Å². The Hall–Kier alpha value is -2.80. The number of morpholine rings is 1. The van der Waals surface area contributed by atoms with Crippen LogP contribution in [0.3, 0.4) is 0 Å². The van der Waals surface area contributed by atoms with E-state index in [0.717, 1.165) is 56.2 Å². The summed E-state index contributed by atoms with van der Waals surface area (Å²) in [5.74, 6) is 0.989. The number of aromatic nitrogens is 1. The van der Waals surface area contributed by atoms with Gasteiger partial charge in [0.15, 0.2) is 0 Å². The van der Waals surface area contributed by atoms with E-state index in [0.29, 0.717) is 12.6 Å². The number of hydrogen-bond acceptors (Lipinski definition) is 6. The minimum atomic E-state index is -0.358. The Kier molecular flexibility index (Phi) is 5.92. The average molecular weight is 382 g/mol. The summed E-state index contributed by atoms with van der Waals surface area (Å²) in [6, 6.07) is 14.3. The molecule has 2 N–H and O–H groups in total. The van der Waals surface area contributed by atoms with Gasteiger partial charge in [0, 0.05) is 25.2 Å². The van der Waals surface area contributed by atoms with Crippen LogP contribution in [0.25, 0.3) is 0 Å². The highest BCUT2D eigenvalue weighted by Gasteiger charge is 2.30. The van der Waals surface area contributed by atoms with Gasteiger partial charge in [0.1, 0.15) is 12.4 Å². The van der Waals surface area contributed by atoms with Crippen molar-refractivity contribution in [1.29, 1.82) is 0 Å². The number of amides is 1. The summed E-state index contributed by atoms with van der Waals surface area (Å²) in [7, 11) is 0. The molecular weight excluding hydrogens is 356 g/mol. The van der Waals surface area contributed by atoms with Crippen molar-refractivity contribution in [1.82, 2.24) is 10.3 Å². The summed E-state index contributed by atoms with van der Waals surface area (Å²) < 4.78 is 10.6. The summed E-state index contributed by atoms with van der Waals surface area (Å²) in [6.07, 6.45) is 3.28. The van der Waals surface area contributed by atoms with Gasteiger partial charge in [-0.3, -0.25) is 0 Å². The SMILES string of the molecule is O=C(NC1CC(Nc2ccc(N3CCOCC3)nc2)C1)OCc1ccccc1. The van der Waals surface area contributed by atoms with Crippen LogP contribution >= 0.6 is 0 Å². The van der Waals surface area contributed by atoms with Gasteiger partial charge in [-0.15, -0.1) is 0 Å². The molecule has 1 amide bonds. The molecule has 2 aromatic rings. The molecule has 1 saturated carbocycles. The van der Waals surface area contributed by atoms with E-state index in [4.69, 9.17) is 9.47 Å². The molecule has 1 saturated heterocycles. The number of anilines is 2. The van der Waals surface area contributed by atoms with Crippen LogP contribution in [0, 0.1) is 0 Å². The summed E-state index contributed by atoms with van der Waals surface area (Å²) >= 11 is 0. The van der Waals surface area contributed by atoms with Crippen molar-refractivity contribution in [2.75, 3.05) is 36.5 Å². The molecule has 2 aliphatic rings. The smallest absolute Gasteiger partial charge is 0.407 e. The molecule has 7 nitrogen and oxygen atoms in total. The quantitative estimate of drug-likeness (QED) is 0.800. The Balaban J connectivity index is 1.16. The second kappa shape index (κ2) is 8.93. The maximum atomic E-state index is 11.9. The first-order chi connectivity index (χ1) is 13.8. The number of carbonyl (C=O) groups is 1. The van der Waals surface area contributed by atoms with E-state index in [-0.39, 0.29) is 12.1 Å². The second-order valence-corrected chi connectivity index (χ2v) is 7.22. The molecule has 0 unspecified atom stereocenters. The molecule has 7 heteroatoms. The number of benzene rings is 1. The van der Waals surface area contributed by atoms with Crippen LogP contribution in [-0.2, 0) is 16.1 Å². The van der Waals surface area contributed by atoms with Crippen molar-refractivity contribution < 1.29 is 14.3 Å². The topological polar surface area (TPSA) is 75.7 Å². The maximum absolute atomic E-state index is 11.9. The lowest BCUT2D eigenvalue weighted by atomic mass is 9.87. The predicted octanol–water partition coefficient (Wildman–Crippen LogP) is 2.79. The summed E-state index contributed by atoms with van der Waals surface area (Å²) in [4.78, 5) is 18.7. The minimum Gasteiger partial charge on any atom is -0.445 e. The molecule has 1 aliphatic heterocycles. The molecular formula is C21H26N4O3. The maximum Gasteiger partial charge on any atom is 0.407 e. The first kappa shape index (κ1) is 18.6. The van der Waals surface area contributed by atoms with Crippen LogP contribution in [0.2, 0.25) is 0 Å². The fourth-order valence-corrected chi connectivity index (χ4v) is 3.47. The number of nitrogens with zero attached hydrogens (tertiary/aromatic N) is 2. The Bertz CT molecular complexity index is 757. The van der Waals surface area contributed by atoms with Gasteiger partial charge in [-0.1, -0.05) is 30.3 Å². The number of nitrogens with one attached hydrogen (secondary N) is 2. The molecule has 148 valence electrons. The van der Waals surface area contributed by atoms with Crippen LogP contribution in [0.15, 0.2) is 48.7 Å². The van der Waals surface area contributed by atoms with E-state index in [1.54, 1.807) is 0 Å². The lowest BCUT2D eigenvalue weighted by Crippen LogP contribution is -2.49.